The number of nitrogens with one attached hydrogen (secondary N) is 1. The normalized spacial score (nSPS) is 14.2. The van der Waals surface area contributed by atoms with Crippen LogP contribution in [-0.4, -0.2) is 40.6 Å². The lowest BCUT2D eigenvalue weighted by Crippen LogP contribution is -2.11. The fraction of sp³-hybridized carbons (Fsp3) is 0.435. The predicted octanol–water partition coefficient (Wildman–Crippen LogP) is 6.61. The zero-order valence-corrected chi connectivity index (χ0v) is 20.0. The zero-order chi connectivity index (χ0) is 25.6. The SMILES string of the molecule is COc1ccc(CNc2nc(C3CCCCC3)nc3sc(C(F)(F)F)cc23)cc1OC.O=C(O)O. The maximum absolute atomic E-state index is 13.3. The maximum atomic E-state index is 13.3. The first-order valence-electron chi connectivity index (χ1n) is 10.9. The Morgan fingerprint density at radius 3 is 2.34 bits per heavy atom. The summed E-state index contributed by atoms with van der Waals surface area (Å²) in [6.07, 6.45) is -0.926. The summed E-state index contributed by atoms with van der Waals surface area (Å²) in [4.78, 5) is 17.5. The summed E-state index contributed by atoms with van der Waals surface area (Å²) in [5, 5.41) is 17.6. The molecule has 0 unspecified atom stereocenters. The molecule has 4 rings (SSSR count). The molecule has 1 aliphatic carbocycles. The molecular weight excluding hydrogens is 487 g/mol. The molecule has 8 nitrogen and oxygen atoms in total. The first kappa shape index (κ1) is 26.3. The number of halogens is 3. The summed E-state index contributed by atoms with van der Waals surface area (Å²) in [6, 6.07) is 6.65. The van der Waals surface area contributed by atoms with Gasteiger partial charge in [0.2, 0.25) is 0 Å². The number of hydrogen-bond donors (Lipinski definition) is 3. The number of rotatable bonds is 6. The minimum absolute atomic E-state index is 0.191. The van der Waals surface area contributed by atoms with Gasteiger partial charge in [0.1, 0.15) is 21.3 Å². The molecule has 190 valence electrons. The molecular formula is C23H26F3N3O5S. The number of alkyl halides is 3. The first-order chi connectivity index (χ1) is 16.6. The van der Waals surface area contributed by atoms with Crippen LogP contribution in [0.5, 0.6) is 11.5 Å². The summed E-state index contributed by atoms with van der Waals surface area (Å²) in [6.45, 7) is 0.383. The molecule has 3 aromatic rings. The molecule has 1 saturated carbocycles. The van der Waals surface area contributed by atoms with Crippen molar-refractivity contribution < 1.29 is 37.7 Å². The maximum Gasteiger partial charge on any atom is 0.503 e. The molecule has 1 aliphatic rings. The molecule has 1 fully saturated rings. The number of fused-ring (bicyclic) bond motifs is 1. The van der Waals surface area contributed by atoms with Crippen LogP contribution in [0.25, 0.3) is 10.2 Å². The van der Waals surface area contributed by atoms with Crippen LogP contribution in [0.2, 0.25) is 0 Å². The average molecular weight is 514 g/mol. The van der Waals surface area contributed by atoms with E-state index in [-0.39, 0.29) is 5.92 Å². The van der Waals surface area contributed by atoms with E-state index in [1.165, 1.54) is 6.42 Å². The molecule has 0 aliphatic heterocycles. The van der Waals surface area contributed by atoms with Gasteiger partial charge in [-0.05, 0) is 36.6 Å². The second-order valence-electron chi connectivity index (χ2n) is 7.92. The van der Waals surface area contributed by atoms with E-state index in [0.29, 0.717) is 51.2 Å². The molecule has 0 radical (unpaired) electrons. The molecule has 0 spiro atoms. The van der Waals surface area contributed by atoms with E-state index in [4.69, 9.17) is 24.5 Å². The van der Waals surface area contributed by atoms with Crippen LogP contribution < -0.4 is 14.8 Å². The Hall–Kier alpha value is -3.28. The predicted molar refractivity (Wildman–Crippen MR) is 126 cm³/mol. The molecule has 0 saturated heterocycles. The number of anilines is 1. The van der Waals surface area contributed by atoms with Gasteiger partial charge < -0.3 is 25.0 Å². The largest absolute Gasteiger partial charge is 0.503 e. The van der Waals surface area contributed by atoms with Gasteiger partial charge in [-0.2, -0.15) is 13.2 Å². The Kier molecular flexibility index (Phi) is 8.60. The Morgan fingerprint density at radius 1 is 1.09 bits per heavy atom. The van der Waals surface area contributed by atoms with Crippen LogP contribution in [-0.2, 0) is 12.7 Å². The molecule has 3 N–H and O–H groups in total. The Morgan fingerprint density at radius 2 is 1.74 bits per heavy atom. The van der Waals surface area contributed by atoms with Crippen molar-refractivity contribution in [1.82, 2.24) is 9.97 Å². The van der Waals surface area contributed by atoms with Gasteiger partial charge in [-0.3, -0.25) is 0 Å². The van der Waals surface area contributed by atoms with Gasteiger partial charge in [-0.25, -0.2) is 14.8 Å². The minimum atomic E-state index is -4.41. The highest BCUT2D eigenvalue weighted by atomic mass is 32.1. The number of carbonyl (C=O) groups is 1. The second kappa shape index (κ2) is 11.4. The summed E-state index contributed by atoms with van der Waals surface area (Å²) in [5.41, 5.74) is 0.898. The molecule has 2 heterocycles. The fourth-order valence-electron chi connectivity index (χ4n) is 3.93. The molecule has 0 bridgehead atoms. The van der Waals surface area contributed by atoms with Crippen molar-refractivity contribution in [2.75, 3.05) is 19.5 Å². The van der Waals surface area contributed by atoms with Gasteiger partial charge in [-0.1, -0.05) is 25.3 Å². The number of ether oxygens (including phenoxy) is 2. The summed E-state index contributed by atoms with van der Waals surface area (Å²) < 4.78 is 50.6. The van der Waals surface area contributed by atoms with E-state index in [1.54, 1.807) is 20.3 Å². The van der Waals surface area contributed by atoms with Gasteiger partial charge in [0, 0.05) is 12.5 Å². The molecule has 12 heteroatoms. The van der Waals surface area contributed by atoms with Crippen molar-refractivity contribution in [1.29, 1.82) is 0 Å². The fourth-order valence-corrected chi connectivity index (χ4v) is 4.84. The highest BCUT2D eigenvalue weighted by Crippen LogP contribution is 2.41. The van der Waals surface area contributed by atoms with Crippen molar-refractivity contribution in [2.45, 2.75) is 50.7 Å². The van der Waals surface area contributed by atoms with E-state index in [0.717, 1.165) is 37.3 Å². The van der Waals surface area contributed by atoms with E-state index in [9.17, 15) is 13.2 Å². The summed E-state index contributed by atoms with van der Waals surface area (Å²) >= 11 is 0.677. The van der Waals surface area contributed by atoms with Gasteiger partial charge in [0.25, 0.3) is 0 Å². The van der Waals surface area contributed by atoms with Crippen molar-refractivity contribution in [3.05, 3.63) is 40.5 Å². The topological polar surface area (TPSA) is 114 Å². The number of benzene rings is 1. The van der Waals surface area contributed by atoms with Crippen LogP contribution >= 0.6 is 11.3 Å². The third-order valence-corrected chi connectivity index (χ3v) is 6.64. The Balaban J connectivity index is 0.000000795. The lowest BCUT2D eigenvalue weighted by Gasteiger charge is -2.21. The molecule has 1 aromatic carbocycles. The Bertz CT molecular complexity index is 1160. The number of thiophene rings is 1. The lowest BCUT2D eigenvalue weighted by molar-refractivity contribution is -0.134. The van der Waals surface area contributed by atoms with Crippen molar-refractivity contribution in [3.8, 4) is 11.5 Å². The third kappa shape index (κ3) is 6.87. The second-order valence-corrected chi connectivity index (χ2v) is 8.95. The van der Waals surface area contributed by atoms with Crippen LogP contribution in [0.15, 0.2) is 24.3 Å². The standard InChI is InChI=1S/C22H24F3N3O2S.CH2O3/c1-29-16-9-8-13(10-17(16)30-2)12-26-20-15-11-18(22(23,24)25)31-21(15)28-19(27-20)14-6-4-3-5-7-14;2-1(3)4/h8-11,14H,3-7,12H2,1-2H3,(H,26,27,28);(H2,2,3,4). The van der Waals surface area contributed by atoms with E-state index in [1.807, 2.05) is 12.1 Å². The van der Waals surface area contributed by atoms with Crippen molar-refractivity contribution >= 4 is 33.5 Å². The van der Waals surface area contributed by atoms with Crippen LogP contribution in [0, 0.1) is 0 Å². The highest BCUT2D eigenvalue weighted by molar-refractivity contribution is 7.18. The van der Waals surface area contributed by atoms with Crippen LogP contribution in [0.4, 0.5) is 23.8 Å². The van der Waals surface area contributed by atoms with E-state index in [2.05, 4.69) is 15.3 Å². The highest BCUT2D eigenvalue weighted by Gasteiger charge is 2.34. The quantitative estimate of drug-likeness (QED) is 0.337. The molecule has 2 aromatic heterocycles. The van der Waals surface area contributed by atoms with Crippen molar-refractivity contribution in [2.24, 2.45) is 0 Å². The monoisotopic (exact) mass is 513 g/mol. The lowest BCUT2D eigenvalue weighted by atomic mass is 9.88. The van der Waals surface area contributed by atoms with Gasteiger partial charge in [0.15, 0.2) is 11.5 Å². The smallest absolute Gasteiger partial charge is 0.493 e. The Labute approximate surface area is 203 Å². The molecule has 0 amide bonds. The van der Waals surface area contributed by atoms with Crippen LogP contribution in [0.1, 0.15) is 54.3 Å². The summed E-state index contributed by atoms with van der Waals surface area (Å²) in [7, 11) is 3.12. The van der Waals surface area contributed by atoms with Gasteiger partial charge in [-0.15, -0.1) is 11.3 Å². The zero-order valence-electron chi connectivity index (χ0n) is 19.2. The summed E-state index contributed by atoms with van der Waals surface area (Å²) in [5.74, 6) is 2.47. The van der Waals surface area contributed by atoms with E-state index >= 15 is 0 Å². The number of hydrogen-bond acceptors (Lipinski definition) is 7. The van der Waals surface area contributed by atoms with Crippen LogP contribution in [0.3, 0.4) is 0 Å². The third-order valence-electron chi connectivity index (χ3n) is 5.57. The number of carboxylic acid groups (broad SMARTS) is 2. The minimum Gasteiger partial charge on any atom is -0.493 e. The number of nitrogens with zero attached hydrogens (tertiary/aromatic N) is 2. The van der Waals surface area contributed by atoms with Crippen molar-refractivity contribution in [3.63, 3.8) is 0 Å². The van der Waals surface area contributed by atoms with E-state index < -0.39 is 17.2 Å². The molecule has 0 atom stereocenters. The first-order valence-corrected chi connectivity index (χ1v) is 11.7. The average Bonchev–Trinajstić information content (AvgIpc) is 3.27. The van der Waals surface area contributed by atoms with Gasteiger partial charge in [0.05, 0.1) is 19.6 Å². The molecule has 35 heavy (non-hydrogen) atoms. The number of methoxy groups -OCH3 is 2. The van der Waals surface area contributed by atoms with Gasteiger partial charge >= 0.3 is 12.3 Å². The number of aromatic nitrogens is 2.